The van der Waals surface area contributed by atoms with Crippen molar-refractivity contribution in [2.24, 2.45) is 0 Å². The zero-order valence-electron chi connectivity index (χ0n) is 10.4. The number of hydrogen-bond acceptors (Lipinski definition) is 5. The van der Waals surface area contributed by atoms with E-state index in [0.717, 1.165) is 25.3 Å². The molecule has 1 aliphatic carbocycles. The zero-order chi connectivity index (χ0) is 12.1. The summed E-state index contributed by atoms with van der Waals surface area (Å²) in [4.78, 5) is 2.29. The summed E-state index contributed by atoms with van der Waals surface area (Å²) in [5.41, 5.74) is 0. The van der Waals surface area contributed by atoms with Crippen LogP contribution in [-0.4, -0.2) is 49.4 Å². The van der Waals surface area contributed by atoms with Gasteiger partial charge >= 0.3 is 0 Å². The van der Waals surface area contributed by atoms with Crippen molar-refractivity contribution in [2.75, 3.05) is 13.2 Å². The van der Waals surface area contributed by atoms with Crippen molar-refractivity contribution in [3.05, 3.63) is 5.82 Å². The number of aliphatic hydroxyl groups excluding tert-OH is 1. The first kappa shape index (κ1) is 12.4. The van der Waals surface area contributed by atoms with Gasteiger partial charge in [-0.1, -0.05) is 13.3 Å². The van der Waals surface area contributed by atoms with Gasteiger partial charge in [-0.15, -0.1) is 5.10 Å². The summed E-state index contributed by atoms with van der Waals surface area (Å²) in [5.74, 6) is 0.909. The van der Waals surface area contributed by atoms with E-state index in [4.69, 9.17) is 5.11 Å². The standard InChI is InChI=1S/C11H21N5O/c1-2-6-16-11(12-13-14-16)9-15(7-8-17)10-4-3-5-10/h10,17H,2-9H2,1H3. The molecule has 0 atom stereocenters. The predicted molar refractivity (Wildman–Crippen MR) is 63.2 cm³/mol. The third kappa shape index (κ3) is 3.01. The lowest BCUT2D eigenvalue weighted by atomic mass is 9.91. The van der Waals surface area contributed by atoms with E-state index in [1.807, 2.05) is 4.68 Å². The molecule has 1 aromatic heterocycles. The van der Waals surface area contributed by atoms with Crippen LogP contribution in [0.1, 0.15) is 38.4 Å². The van der Waals surface area contributed by atoms with Gasteiger partial charge in [0.2, 0.25) is 0 Å². The van der Waals surface area contributed by atoms with E-state index in [-0.39, 0.29) is 6.61 Å². The third-order valence-corrected chi connectivity index (χ3v) is 3.36. The topological polar surface area (TPSA) is 67.1 Å². The molecule has 1 saturated carbocycles. The molecule has 0 spiro atoms. The van der Waals surface area contributed by atoms with Gasteiger partial charge in [0.05, 0.1) is 13.2 Å². The molecule has 0 saturated heterocycles. The first-order valence-electron chi connectivity index (χ1n) is 6.45. The predicted octanol–water partition coefficient (Wildman–Crippen LogP) is 0.430. The van der Waals surface area contributed by atoms with Crippen LogP contribution in [0.5, 0.6) is 0 Å². The van der Waals surface area contributed by atoms with Crippen LogP contribution in [0.2, 0.25) is 0 Å². The van der Waals surface area contributed by atoms with Crippen LogP contribution in [0.25, 0.3) is 0 Å². The van der Waals surface area contributed by atoms with Gasteiger partial charge in [0.15, 0.2) is 5.82 Å². The van der Waals surface area contributed by atoms with Gasteiger partial charge in [0.25, 0.3) is 0 Å². The first-order valence-corrected chi connectivity index (χ1v) is 6.45. The third-order valence-electron chi connectivity index (χ3n) is 3.36. The number of hydrogen-bond donors (Lipinski definition) is 1. The van der Waals surface area contributed by atoms with E-state index in [2.05, 4.69) is 27.3 Å². The molecular weight excluding hydrogens is 218 g/mol. The molecular formula is C11H21N5O. The van der Waals surface area contributed by atoms with Crippen LogP contribution in [0.3, 0.4) is 0 Å². The van der Waals surface area contributed by atoms with Crippen molar-refractivity contribution in [3.63, 3.8) is 0 Å². The van der Waals surface area contributed by atoms with Crippen molar-refractivity contribution in [2.45, 2.75) is 51.7 Å². The molecule has 17 heavy (non-hydrogen) atoms. The Kier molecular flexibility index (Phi) is 4.44. The van der Waals surface area contributed by atoms with Crippen molar-refractivity contribution >= 4 is 0 Å². The zero-order valence-corrected chi connectivity index (χ0v) is 10.4. The summed E-state index contributed by atoms with van der Waals surface area (Å²) in [6, 6.07) is 0.605. The number of tetrazole rings is 1. The fourth-order valence-corrected chi connectivity index (χ4v) is 2.17. The van der Waals surface area contributed by atoms with Gasteiger partial charge in [-0.2, -0.15) is 0 Å². The second-order valence-electron chi connectivity index (χ2n) is 4.60. The van der Waals surface area contributed by atoms with Gasteiger partial charge in [0.1, 0.15) is 0 Å². The molecule has 1 aliphatic rings. The maximum absolute atomic E-state index is 9.11. The maximum atomic E-state index is 9.11. The Morgan fingerprint density at radius 3 is 2.88 bits per heavy atom. The summed E-state index contributed by atoms with van der Waals surface area (Å²) in [6.07, 6.45) is 4.79. The minimum atomic E-state index is 0.200. The number of aryl methyl sites for hydroxylation is 1. The fourth-order valence-electron chi connectivity index (χ4n) is 2.17. The molecule has 0 unspecified atom stereocenters. The molecule has 1 fully saturated rings. The monoisotopic (exact) mass is 239 g/mol. The molecule has 0 amide bonds. The van der Waals surface area contributed by atoms with Gasteiger partial charge in [-0.25, -0.2) is 4.68 Å². The van der Waals surface area contributed by atoms with Crippen LogP contribution in [0.4, 0.5) is 0 Å². The Morgan fingerprint density at radius 1 is 1.47 bits per heavy atom. The molecule has 0 radical (unpaired) electrons. The van der Waals surface area contributed by atoms with Crippen LogP contribution in [0.15, 0.2) is 0 Å². The average Bonchev–Trinajstić information content (AvgIpc) is 2.64. The van der Waals surface area contributed by atoms with Crippen molar-refractivity contribution in [3.8, 4) is 0 Å². The van der Waals surface area contributed by atoms with E-state index in [1.165, 1.54) is 19.3 Å². The Balaban J connectivity index is 1.97. The number of aromatic nitrogens is 4. The Labute approximate surface area is 102 Å². The molecule has 0 bridgehead atoms. The lowest BCUT2D eigenvalue weighted by Crippen LogP contribution is -2.41. The maximum Gasteiger partial charge on any atom is 0.165 e. The van der Waals surface area contributed by atoms with E-state index >= 15 is 0 Å². The van der Waals surface area contributed by atoms with Crippen LogP contribution < -0.4 is 0 Å². The molecule has 0 aliphatic heterocycles. The fraction of sp³-hybridized carbons (Fsp3) is 0.909. The number of rotatable bonds is 7. The normalized spacial score (nSPS) is 16.4. The molecule has 1 aromatic rings. The summed E-state index contributed by atoms with van der Waals surface area (Å²) < 4.78 is 1.86. The highest BCUT2D eigenvalue weighted by atomic mass is 16.3. The lowest BCUT2D eigenvalue weighted by Gasteiger charge is -2.36. The smallest absolute Gasteiger partial charge is 0.165 e. The second kappa shape index (κ2) is 6.07. The largest absolute Gasteiger partial charge is 0.395 e. The van der Waals surface area contributed by atoms with E-state index in [9.17, 15) is 0 Å². The average molecular weight is 239 g/mol. The molecule has 1 N–H and O–H groups in total. The minimum Gasteiger partial charge on any atom is -0.395 e. The van der Waals surface area contributed by atoms with Crippen LogP contribution >= 0.6 is 0 Å². The summed E-state index contributed by atoms with van der Waals surface area (Å²) >= 11 is 0. The van der Waals surface area contributed by atoms with Gasteiger partial charge in [-0.05, 0) is 29.7 Å². The van der Waals surface area contributed by atoms with Crippen molar-refractivity contribution in [1.82, 2.24) is 25.1 Å². The van der Waals surface area contributed by atoms with Crippen molar-refractivity contribution in [1.29, 1.82) is 0 Å². The molecule has 96 valence electrons. The molecule has 1 heterocycles. The Bertz CT molecular complexity index is 336. The summed E-state index contributed by atoms with van der Waals surface area (Å²) in [7, 11) is 0. The second-order valence-corrected chi connectivity index (χ2v) is 4.60. The quantitative estimate of drug-likeness (QED) is 0.747. The highest BCUT2D eigenvalue weighted by Gasteiger charge is 2.25. The Morgan fingerprint density at radius 2 is 2.29 bits per heavy atom. The van der Waals surface area contributed by atoms with Crippen molar-refractivity contribution < 1.29 is 5.11 Å². The molecule has 0 aromatic carbocycles. The Hall–Kier alpha value is -1.01. The highest BCUT2D eigenvalue weighted by molar-refractivity contribution is 4.87. The molecule has 2 rings (SSSR count). The number of aliphatic hydroxyl groups is 1. The first-order chi connectivity index (χ1) is 8.35. The number of nitrogens with zero attached hydrogens (tertiary/aromatic N) is 5. The van der Waals surface area contributed by atoms with Gasteiger partial charge < -0.3 is 5.11 Å². The van der Waals surface area contributed by atoms with E-state index in [0.29, 0.717) is 12.6 Å². The summed E-state index contributed by atoms with van der Waals surface area (Å²) in [6.45, 7) is 4.64. The van der Waals surface area contributed by atoms with E-state index in [1.54, 1.807) is 0 Å². The highest BCUT2D eigenvalue weighted by Crippen LogP contribution is 2.25. The van der Waals surface area contributed by atoms with Crippen LogP contribution in [0, 0.1) is 0 Å². The minimum absolute atomic E-state index is 0.200. The van der Waals surface area contributed by atoms with Crippen LogP contribution in [-0.2, 0) is 13.1 Å². The van der Waals surface area contributed by atoms with E-state index < -0.39 is 0 Å². The molecule has 6 heteroatoms. The van der Waals surface area contributed by atoms with Gasteiger partial charge in [0, 0.05) is 19.1 Å². The summed E-state index contributed by atoms with van der Waals surface area (Å²) in [5, 5.41) is 20.9. The molecule has 6 nitrogen and oxygen atoms in total. The SMILES string of the molecule is CCCn1nnnc1CN(CCO)C1CCC1. The lowest BCUT2D eigenvalue weighted by molar-refractivity contribution is 0.0904. The van der Waals surface area contributed by atoms with Gasteiger partial charge in [-0.3, -0.25) is 4.90 Å².